The summed E-state index contributed by atoms with van der Waals surface area (Å²) in [6.07, 6.45) is -0.704. The van der Waals surface area contributed by atoms with Gasteiger partial charge in [-0.05, 0) is 11.3 Å². The highest BCUT2D eigenvalue weighted by Crippen LogP contribution is 2.13. The monoisotopic (exact) mass is 342 g/mol. The first kappa shape index (κ1) is 19.9. The molecule has 136 valence electrons. The number of nitrogens with one attached hydrogen (secondary N) is 4. The number of hydrogen-bond donors (Lipinski definition) is 4. The molecule has 24 heavy (non-hydrogen) atoms. The highest BCUT2D eigenvalue weighted by molar-refractivity contribution is 6.39. The van der Waals surface area contributed by atoms with Crippen molar-refractivity contribution >= 4 is 23.7 Å². The number of carbonyl (C=O) groups excluding carboxylic acids is 4. The average Bonchev–Trinajstić information content (AvgIpc) is 2.46. The van der Waals surface area contributed by atoms with Gasteiger partial charge in [0.2, 0.25) is 11.7 Å². The topological polar surface area (TPSA) is 126 Å². The first-order valence-corrected chi connectivity index (χ1v) is 7.82. The maximum atomic E-state index is 12.3. The fourth-order valence-corrected chi connectivity index (χ4v) is 1.91. The summed E-state index contributed by atoms with van der Waals surface area (Å²) in [6.45, 7) is 9.54. The molecule has 0 aromatic carbocycles. The third-order valence-electron chi connectivity index (χ3n) is 3.22. The van der Waals surface area contributed by atoms with Gasteiger partial charge in [0.1, 0.15) is 12.1 Å². The number of ketones is 1. The SMILES string of the molecule is CC(C)C(NC(=O)OCC(C)(C)C)C(=O)NC1CNNC(=O)C1=O. The number of hydrazine groups is 1. The lowest BCUT2D eigenvalue weighted by atomic mass is 9.99. The van der Waals surface area contributed by atoms with Crippen LogP contribution in [0.15, 0.2) is 0 Å². The molecule has 1 fully saturated rings. The number of ether oxygens (including phenoxy) is 1. The Bertz CT molecular complexity index is 512. The van der Waals surface area contributed by atoms with Gasteiger partial charge in [0.05, 0.1) is 6.61 Å². The number of carbonyl (C=O) groups is 4. The molecule has 1 heterocycles. The standard InChI is InChI=1S/C15H26N4O5/c1-8(2)10(18-14(23)24-7-15(3,4)5)12(21)17-9-6-16-19-13(22)11(9)20/h8-10,16H,6-7H2,1-5H3,(H,17,21)(H,18,23)(H,19,22). The van der Waals surface area contributed by atoms with Gasteiger partial charge in [-0.25, -0.2) is 10.2 Å². The van der Waals surface area contributed by atoms with Crippen LogP contribution in [0.25, 0.3) is 0 Å². The quantitative estimate of drug-likeness (QED) is 0.498. The summed E-state index contributed by atoms with van der Waals surface area (Å²) >= 11 is 0. The van der Waals surface area contributed by atoms with Crippen molar-refractivity contribution < 1.29 is 23.9 Å². The van der Waals surface area contributed by atoms with Gasteiger partial charge in [-0.3, -0.25) is 19.8 Å². The Morgan fingerprint density at radius 1 is 1.29 bits per heavy atom. The Balaban J connectivity index is 2.63. The van der Waals surface area contributed by atoms with E-state index in [1.807, 2.05) is 20.8 Å². The zero-order chi connectivity index (χ0) is 18.5. The lowest BCUT2D eigenvalue weighted by molar-refractivity contribution is -0.142. The molecule has 4 N–H and O–H groups in total. The van der Waals surface area contributed by atoms with Crippen LogP contribution < -0.4 is 21.5 Å². The van der Waals surface area contributed by atoms with Crippen molar-refractivity contribution in [1.29, 1.82) is 0 Å². The van der Waals surface area contributed by atoms with E-state index in [1.54, 1.807) is 13.8 Å². The van der Waals surface area contributed by atoms with Crippen molar-refractivity contribution in [3.8, 4) is 0 Å². The summed E-state index contributed by atoms with van der Waals surface area (Å²) in [5.74, 6) is -2.33. The van der Waals surface area contributed by atoms with E-state index < -0.39 is 35.8 Å². The summed E-state index contributed by atoms with van der Waals surface area (Å²) in [5, 5.41) is 4.98. The zero-order valence-corrected chi connectivity index (χ0v) is 14.7. The Morgan fingerprint density at radius 3 is 2.46 bits per heavy atom. The number of amides is 3. The summed E-state index contributed by atoms with van der Waals surface area (Å²) in [7, 11) is 0. The van der Waals surface area contributed by atoms with Gasteiger partial charge in [0.25, 0.3) is 0 Å². The predicted molar refractivity (Wildman–Crippen MR) is 85.6 cm³/mol. The van der Waals surface area contributed by atoms with Crippen molar-refractivity contribution in [2.24, 2.45) is 11.3 Å². The molecular weight excluding hydrogens is 316 g/mol. The Labute approximate surface area is 141 Å². The molecule has 1 saturated heterocycles. The third-order valence-corrected chi connectivity index (χ3v) is 3.22. The van der Waals surface area contributed by atoms with Gasteiger partial charge in [-0.2, -0.15) is 0 Å². The van der Waals surface area contributed by atoms with Gasteiger partial charge in [0, 0.05) is 6.54 Å². The molecule has 3 amide bonds. The highest BCUT2D eigenvalue weighted by Gasteiger charge is 2.34. The van der Waals surface area contributed by atoms with Gasteiger partial charge in [-0.15, -0.1) is 0 Å². The van der Waals surface area contributed by atoms with Crippen LogP contribution >= 0.6 is 0 Å². The van der Waals surface area contributed by atoms with Crippen LogP contribution in [0.1, 0.15) is 34.6 Å². The molecule has 0 spiro atoms. The number of alkyl carbamates (subject to hydrolysis) is 1. The van der Waals surface area contributed by atoms with Crippen LogP contribution in [0.2, 0.25) is 0 Å². The van der Waals surface area contributed by atoms with E-state index in [-0.39, 0.29) is 24.5 Å². The second kappa shape index (κ2) is 8.09. The van der Waals surface area contributed by atoms with Gasteiger partial charge in [0.15, 0.2) is 0 Å². The third kappa shape index (κ3) is 6.15. The minimum Gasteiger partial charge on any atom is -0.449 e. The molecule has 0 saturated carbocycles. The van der Waals surface area contributed by atoms with Crippen molar-refractivity contribution in [2.45, 2.75) is 46.7 Å². The van der Waals surface area contributed by atoms with E-state index in [0.717, 1.165) is 0 Å². The fraction of sp³-hybridized carbons (Fsp3) is 0.733. The average molecular weight is 342 g/mol. The number of rotatable bonds is 5. The largest absolute Gasteiger partial charge is 0.449 e. The Hall–Kier alpha value is -2.16. The molecule has 1 aliphatic heterocycles. The second-order valence-electron chi connectivity index (χ2n) is 7.26. The molecule has 1 rings (SSSR count). The van der Waals surface area contributed by atoms with Gasteiger partial charge in [-0.1, -0.05) is 34.6 Å². The molecule has 0 bridgehead atoms. The van der Waals surface area contributed by atoms with E-state index in [1.165, 1.54) is 0 Å². The minimum absolute atomic E-state index is 0.0790. The van der Waals surface area contributed by atoms with Gasteiger partial charge >= 0.3 is 12.0 Å². The first-order chi connectivity index (χ1) is 11.0. The zero-order valence-electron chi connectivity index (χ0n) is 14.7. The summed E-state index contributed by atoms with van der Waals surface area (Å²) < 4.78 is 5.09. The van der Waals surface area contributed by atoms with E-state index >= 15 is 0 Å². The molecule has 0 aromatic rings. The molecule has 2 atom stereocenters. The van der Waals surface area contributed by atoms with Crippen molar-refractivity contribution in [2.75, 3.05) is 13.2 Å². The molecule has 0 aromatic heterocycles. The molecule has 1 aliphatic rings. The molecule has 0 aliphatic carbocycles. The van der Waals surface area contributed by atoms with Crippen molar-refractivity contribution in [3.05, 3.63) is 0 Å². The normalized spacial score (nSPS) is 19.5. The van der Waals surface area contributed by atoms with E-state index in [9.17, 15) is 19.2 Å². The molecule has 2 unspecified atom stereocenters. The Morgan fingerprint density at radius 2 is 1.92 bits per heavy atom. The van der Waals surface area contributed by atoms with E-state index in [0.29, 0.717) is 0 Å². The fourth-order valence-electron chi connectivity index (χ4n) is 1.91. The summed E-state index contributed by atoms with van der Waals surface area (Å²) in [4.78, 5) is 47.2. The first-order valence-electron chi connectivity index (χ1n) is 7.82. The second-order valence-corrected chi connectivity index (χ2v) is 7.26. The minimum atomic E-state index is -0.972. The van der Waals surface area contributed by atoms with Crippen LogP contribution in [0.5, 0.6) is 0 Å². The molecule has 9 heteroatoms. The van der Waals surface area contributed by atoms with Crippen LogP contribution in [0, 0.1) is 11.3 Å². The molecule has 9 nitrogen and oxygen atoms in total. The van der Waals surface area contributed by atoms with E-state index in [4.69, 9.17) is 4.74 Å². The summed E-state index contributed by atoms with van der Waals surface area (Å²) in [6, 6.07) is -1.85. The molecule has 0 radical (unpaired) electrons. The summed E-state index contributed by atoms with van der Waals surface area (Å²) in [5.41, 5.74) is 4.50. The maximum absolute atomic E-state index is 12.3. The van der Waals surface area contributed by atoms with Gasteiger partial charge < -0.3 is 15.4 Å². The van der Waals surface area contributed by atoms with Crippen LogP contribution in [0.4, 0.5) is 4.79 Å². The lowest BCUT2D eigenvalue weighted by Crippen LogP contribution is -2.63. The maximum Gasteiger partial charge on any atom is 0.407 e. The Kier molecular flexibility index (Phi) is 6.70. The lowest BCUT2D eigenvalue weighted by Gasteiger charge is -2.27. The van der Waals surface area contributed by atoms with Crippen LogP contribution in [-0.2, 0) is 19.1 Å². The highest BCUT2D eigenvalue weighted by atomic mass is 16.5. The predicted octanol–water partition coefficient (Wildman–Crippen LogP) is -0.528. The smallest absolute Gasteiger partial charge is 0.407 e. The molecular formula is C15H26N4O5. The number of hydrogen-bond acceptors (Lipinski definition) is 6. The van der Waals surface area contributed by atoms with Crippen molar-refractivity contribution in [3.63, 3.8) is 0 Å². The number of Topliss-reactive ketones (excluding diaryl/α,β-unsaturated/α-hetero) is 1. The van der Waals surface area contributed by atoms with E-state index in [2.05, 4.69) is 21.5 Å². The van der Waals surface area contributed by atoms with Crippen molar-refractivity contribution in [1.82, 2.24) is 21.5 Å². The van der Waals surface area contributed by atoms with Crippen LogP contribution in [-0.4, -0.2) is 48.9 Å². The van der Waals surface area contributed by atoms with Crippen LogP contribution in [0.3, 0.4) is 0 Å².